The van der Waals surface area contributed by atoms with Gasteiger partial charge in [-0.25, -0.2) is 9.59 Å². The third kappa shape index (κ3) is 8.37. The summed E-state index contributed by atoms with van der Waals surface area (Å²) in [5.74, 6) is -1.23. The molecule has 1 aliphatic carbocycles. The second kappa shape index (κ2) is 13.8. The molecule has 10 nitrogen and oxygen atoms in total. The summed E-state index contributed by atoms with van der Waals surface area (Å²) >= 11 is 0. The number of aromatic nitrogens is 2. The quantitative estimate of drug-likeness (QED) is 0.284. The first kappa shape index (κ1) is 31.6. The monoisotopic (exact) mass is 590 g/mol. The first-order valence-electron chi connectivity index (χ1n) is 14.7. The van der Waals surface area contributed by atoms with Crippen LogP contribution < -0.4 is 5.32 Å². The Balaban J connectivity index is 1.51. The van der Waals surface area contributed by atoms with E-state index in [1.165, 1.54) is 0 Å². The van der Waals surface area contributed by atoms with Gasteiger partial charge < -0.3 is 24.8 Å². The second-order valence-electron chi connectivity index (χ2n) is 12.1. The summed E-state index contributed by atoms with van der Waals surface area (Å²) in [6, 6.07) is 16.3. The van der Waals surface area contributed by atoms with Crippen molar-refractivity contribution in [3.63, 3.8) is 0 Å². The van der Waals surface area contributed by atoms with Gasteiger partial charge >= 0.3 is 18.2 Å². The Labute approximate surface area is 253 Å². The smallest absolute Gasteiger partial charge is 0.409 e. The molecule has 230 valence electrons. The van der Waals surface area contributed by atoms with E-state index in [-0.39, 0.29) is 50.9 Å². The average molecular weight is 591 g/mol. The van der Waals surface area contributed by atoms with Gasteiger partial charge in [0.05, 0.1) is 6.20 Å². The molecule has 1 aliphatic rings. The first-order chi connectivity index (χ1) is 20.4. The van der Waals surface area contributed by atoms with E-state index in [1.54, 1.807) is 36.5 Å². The van der Waals surface area contributed by atoms with Crippen molar-refractivity contribution in [3.8, 4) is 11.1 Å². The molecule has 43 heavy (non-hydrogen) atoms. The number of hydrogen-bond donors (Lipinski definition) is 2. The zero-order valence-corrected chi connectivity index (χ0v) is 25.6. The molecule has 0 bridgehead atoms. The normalized spacial score (nSPS) is 13.1. The minimum absolute atomic E-state index is 0.0737. The summed E-state index contributed by atoms with van der Waals surface area (Å²) in [5.41, 5.74) is 5.83. The van der Waals surface area contributed by atoms with E-state index in [2.05, 4.69) is 34.7 Å². The first-order valence-corrected chi connectivity index (χ1v) is 14.7. The van der Waals surface area contributed by atoms with Crippen LogP contribution in [0, 0.1) is 12.8 Å². The van der Waals surface area contributed by atoms with Crippen LogP contribution in [0.1, 0.15) is 61.9 Å². The molecule has 0 spiro atoms. The van der Waals surface area contributed by atoms with Crippen molar-refractivity contribution in [2.45, 2.75) is 58.5 Å². The summed E-state index contributed by atoms with van der Waals surface area (Å²) in [7, 11) is 1.86. The maximum absolute atomic E-state index is 13.6. The van der Waals surface area contributed by atoms with Crippen LogP contribution in [0.15, 0.2) is 54.7 Å². The van der Waals surface area contributed by atoms with Crippen molar-refractivity contribution in [2.75, 3.05) is 26.2 Å². The zero-order valence-electron chi connectivity index (χ0n) is 25.6. The van der Waals surface area contributed by atoms with E-state index in [0.717, 1.165) is 33.5 Å². The average Bonchev–Trinajstić information content (AvgIpc) is 3.44. The van der Waals surface area contributed by atoms with Crippen LogP contribution in [0.25, 0.3) is 11.1 Å². The van der Waals surface area contributed by atoms with Crippen molar-refractivity contribution < 1.29 is 29.0 Å². The molecule has 0 saturated carbocycles. The van der Waals surface area contributed by atoms with Gasteiger partial charge in [0.1, 0.15) is 12.2 Å². The maximum atomic E-state index is 13.6. The molecule has 1 heterocycles. The van der Waals surface area contributed by atoms with Crippen molar-refractivity contribution in [2.24, 2.45) is 13.0 Å². The topological polar surface area (TPSA) is 123 Å². The fourth-order valence-corrected chi connectivity index (χ4v) is 5.47. The van der Waals surface area contributed by atoms with E-state index in [9.17, 15) is 19.5 Å². The number of aliphatic carboxylic acids is 1. The van der Waals surface area contributed by atoms with E-state index >= 15 is 0 Å². The number of hydrogen-bond acceptors (Lipinski definition) is 6. The van der Waals surface area contributed by atoms with Gasteiger partial charge in [-0.1, -0.05) is 48.5 Å². The molecule has 1 unspecified atom stereocenters. The highest BCUT2D eigenvalue weighted by Gasteiger charge is 2.30. The highest BCUT2D eigenvalue weighted by molar-refractivity contribution is 5.79. The number of amides is 2. The number of nitrogens with zero attached hydrogens (tertiary/aromatic N) is 3. The molecule has 1 atom stereocenters. The van der Waals surface area contributed by atoms with Crippen LogP contribution >= 0.6 is 0 Å². The highest BCUT2D eigenvalue weighted by atomic mass is 16.6. The van der Waals surface area contributed by atoms with Crippen LogP contribution in [0.5, 0.6) is 0 Å². The number of rotatable bonds is 12. The fraction of sp³-hybridized carbons (Fsp3) is 0.455. The minimum Gasteiger partial charge on any atom is -0.481 e. The number of benzene rings is 2. The number of carbonyl (C=O) groups excluding carboxylic acids is 2. The molecule has 3 aromatic rings. The maximum Gasteiger partial charge on any atom is 0.409 e. The lowest BCUT2D eigenvalue weighted by atomic mass is 9.98. The van der Waals surface area contributed by atoms with E-state index in [4.69, 9.17) is 9.47 Å². The Bertz CT molecular complexity index is 1400. The molecule has 0 saturated heterocycles. The van der Waals surface area contributed by atoms with E-state index in [0.29, 0.717) is 6.42 Å². The standard InChI is InChI=1S/C33H42N4O6/c1-22-24(19-35-36(22)5)17-23(18-34-31(40)43-33(2,3)4)20-37(16-10-15-30(38)39)32(41)42-21-29-27-13-8-6-11-25(27)26-12-7-9-14-28(26)29/h6-9,11-14,19,23,29H,10,15-18,20-21H2,1-5H3,(H,34,40)(H,38,39). The van der Waals surface area contributed by atoms with Gasteiger partial charge in [0, 0.05) is 44.7 Å². The van der Waals surface area contributed by atoms with Gasteiger partial charge in [-0.3, -0.25) is 9.48 Å². The van der Waals surface area contributed by atoms with Gasteiger partial charge in [-0.05, 0) is 74.3 Å². The summed E-state index contributed by atoms with van der Waals surface area (Å²) < 4.78 is 13.1. The van der Waals surface area contributed by atoms with Crippen LogP contribution in [0.3, 0.4) is 0 Å². The molecule has 2 amide bonds. The van der Waals surface area contributed by atoms with Crippen molar-refractivity contribution in [3.05, 3.63) is 77.1 Å². The Morgan fingerprint density at radius 2 is 1.70 bits per heavy atom. The molecule has 2 aromatic carbocycles. The van der Waals surface area contributed by atoms with Crippen LogP contribution in [0.4, 0.5) is 9.59 Å². The Hall–Kier alpha value is -4.34. The third-order valence-corrected chi connectivity index (χ3v) is 7.67. The Morgan fingerprint density at radius 3 is 2.26 bits per heavy atom. The highest BCUT2D eigenvalue weighted by Crippen LogP contribution is 2.44. The van der Waals surface area contributed by atoms with Crippen molar-refractivity contribution in [1.82, 2.24) is 20.0 Å². The molecule has 4 rings (SSSR count). The minimum atomic E-state index is -0.929. The van der Waals surface area contributed by atoms with Crippen molar-refractivity contribution in [1.29, 1.82) is 0 Å². The van der Waals surface area contributed by atoms with Crippen LogP contribution in [0.2, 0.25) is 0 Å². The fourth-order valence-electron chi connectivity index (χ4n) is 5.47. The van der Waals surface area contributed by atoms with Crippen LogP contribution in [-0.4, -0.2) is 69.8 Å². The number of nitrogens with one attached hydrogen (secondary N) is 1. The molecule has 0 fully saturated rings. The third-order valence-electron chi connectivity index (χ3n) is 7.67. The summed E-state index contributed by atoms with van der Waals surface area (Å²) in [6.07, 6.45) is 1.48. The summed E-state index contributed by atoms with van der Waals surface area (Å²) in [5, 5.41) is 16.4. The molecular formula is C33H42N4O6. The van der Waals surface area contributed by atoms with E-state index < -0.39 is 23.8 Å². The van der Waals surface area contributed by atoms with E-state index in [1.807, 2.05) is 38.2 Å². The zero-order chi connectivity index (χ0) is 31.1. The SMILES string of the molecule is Cc1c(CC(CNC(=O)OC(C)(C)C)CN(CCCC(=O)O)C(=O)OCC2c3ccccc3-c3ccccc32)cnn1C. The van der Waals surface area contributed by atoms with Crippen LogP contribution in [-0.2, 0) is 27.7 Å². The number of aryl methyl sites for hydroxylation is 1. The predicted molar refractivity (Wildman–Crippen MR) is 163 cm³/mol. The number of carboxylic acids is 1. The molecule has 1 aromatic heterocycles. The molecule has 0 aliphatic heterocycles. The second-order valence-corrected chi connectivity index (χ2v) is 12.1. The largest absolute Gasteiger partial charge is 0.481 e. The number of fused-ring (bicyclic) bond motifs is 3. The van der Waals surface area contributed by atoms with Gasteiger partial charge in [0.25, 0.3) is 0 Å². The molecular weight excluding hydrogens is 548 g/mol. The predicted octanol–water partition coefficient (Wildman–Crippen LogP) is 5.53. The summed E-state index contributed by atoms with van der Waals surface area (Å²) in [6.45, 7) is 8.22. The number of alkyl carbamates (subject to hydrolysis) is 1. The lowest BCUT2D eigenvalue weighted by Gasteiger charge is -2.28. The van der Waals surface area contributed by atoms with Gasteiger partial charge in [0.15, 0.2) is 0 Å². The number of carbonyl (C=O) groups is 3. The van der Waals surface area contributed by atoms with Gasteiger partial charge in [-0.15, -0.1) is 0 Å². The van der Waals surface area contributed by atoms with Crippen molar-refractivity contribution >= 4 is 18.2 Å². The molecule has 2 N–H and O–H groups in total. The Morgan fingerprint density at radius 1 is 1.07 bits per heavy atom. The Kier molecular flexibility index (Phi) is 10.1. The number of ether oxygens (including phenoxy) is 2. The summed E-state index contributed by atoms with van der Waals surface area (Å²) in [4.78, 5) is 38.9. The van der Waals surface area contributed by atoms with Gasteiger partial charge in [-0.2, -0.15) is 5.10 Å². The molecule has 10 heteroatoms. The lowest BCUT2D eigenvalue weighted by molar-refractivity contribution is -0.137. The molecule has 0 radical (unpaired) electrons. The number of carboxylic acid groups (broad SMARTS) is 1. The van der Waals surface area contributed by atoms with Gasteiger partial charge in [0.2, 0.25) is 0 Å². The lowest BCUT2D eigenvalue weighted by Crippen LogP contribution is -2.42.